The third-order valence-electron chi connectivity index (χ3n) is 6.50. The number of H-pyrrole nitrogens is 1. The molecule has 3 unspecified atom stereocenters. The van der Waals surface area contributed by atoms with Gasteiger partial charge in [-0.1, -0.05) is 52.9 Å². The van der Waals surface area contributed by atoms with Crippen molar-refractivity contribution in [1.82, 2.24) is 4.98 Å². The van der Waals surface area contributed by atoms with E-state index in [4.69, 9.17) is 0 Å². The maximum atomic E-state index is 13.7. The molecule has 1 saturated heterocycles. The van der Waals surface area contributed by atoms with E-state index in [1.807, 2.05) is 43.3 Å². The Bertz CT molecular complexity index is 1260. The van der Waals surface area contributed by atoms with Crippen LogP contribution in [0.5, 0.6) is 0 Å². The number of aromatic amines is 1. The van der Waals surface area contributed by atoms with Crippen LogP contribution in [0.4, 0.5) is 11.4 Å². The minimum Gasteiger partial charge on any atom is -0.372 e. The Balaban J connectivity index is 1.59. The summed E-state index contributed by atoms with van der Waals surface area (Å²) in [5, 5.41) is 0.139. The number of hydrogen-bond acceptors (Lipinski definition) is 6. The van der Waals surface area contributed by atoms with Gasteiger partial charge < -0.3 is 9.88 Å². The van der Waals surface area contributed by atoms with Crippen molar-refractivity contribution < 1.29 is 9.59 Å². The average Bonchev–Trinajstić information content (AvgIpc) is 3.30. The van der Waals surface area contributed by atoms with Gasteiger partial charge in [0, 0.05) is 29.6 Å². The molecule has 2 aliphatic rings. The van der Waals surface area contributed by atoms with Gasteiger partial charge in [0.05, 0.1) is 16.6 Å². The highest BCUT2D eigenvalue weighted by atomic mass is 32.2. The number of amides is 2. The van der Waals surface area contributed by atoms with Crippen LogP contribution in [0.15, 0.2) is 58.4 Å². The Morgan fingerprint density at radius 2 is 1.61 bits per heavy atom. The van der Waals surface area contributed by atoms with Crippen molar-refractivity contribution in [2.75, 3.05) is 22.9 Å². The fraction of sp³-hybridized carbons (Fsp3) is 0.320. The second kappa shape index (κ2) is 8.50. The highest BCUT2D eigenvalue weighted by molar-refractivity contribution is 8.00. The smallest absolute Gasteiger partial charge is 0.305 e. The van der Waals surface area contributed by atoms with E-state index < -0.39 is 11.2 Å². The molecule has 1 aromatic heterocycles. The van der Waals surface area contributed by atoms with E-state index in [0.717, 1.165) is 46.1 Å². The van der Waals surface area contributed by atoms with Crippen LogP contribution in [-0.4, -0.2) is 35.1 Å². The fourth-order valence-electron chi connectivity index (χ4n) is 4.81. The Morgan fingerprint density at radius 3 is 2.24 bits per heavy atom. The molecule has 2 aliphatic heterocycles. The number of aryl methyl sites for hydroxylation is 1. The molecule has 3 atom stereocenters. The van der Waals surface area contributed by atoms with Gasteiger partial charge >= 0.3 is 4.87 Å². The molecule has 3 aromatic rings. The van der Waals surface area contributed by atoms with Crippen LogP contribution in [0, 0.1) is 12.8 Å². The Hall–Kier alpha value is -2.84. The second-order valence-corrected chi connectivity index (χ2v) is 10.5. The van der Waals surface area contributed by atoms with E-state index in [1.54, 1.807) is 0 Å². The van der Waals surface area contributed by atoms with Crippen LogP contribution in [0.3, 0.4) is 0 Å². The number of hydrogen-bond donors (Lipinski definition) is 1. The number of benzene rings is 2. The fourth-order valence-corrected chi connectivity index (χ4v) is 7.32. The number of thioether (sulfide) groups is 1. The van der Waals surface area contributed by atoms with Crippen LogP contribution >= 0.6 is 23.1 Å². The summed E-state index contributed by atoms with van der Waals surface area (Å²) < 4.78 is 0. The van der Waals surface area contributed by atoms with Crippen molar-refractivity contribution in [1.29, 1.82) is 0 Å². The van der Waals surface area contributed by atoms with Gasteiger partial charge in [0.2, 0.25) is 11.8 Å². The number of nitrogens with one attached hydrogen (secondary N) is 1. The van der Waals surface area contributed by atoms with Gasteiger partial charge in [-0.3, -0.25) is 14.4 Å². The van der Waals surface area contributed by atoms with Crippen molar-refractivity contribution in [3.8, 4) is 0 Å². The standard InChI is InChI=1S/C25H25N3O3S2/c1-4-27(5-2)16-12-8-15(9-13-16)18-19-21(32-22-20(18)33-25(31)26-22)24(30)28(23(19)29)17-10-6-14(3)7-11-17/h6-13,18-19,21H,4-5H2,1-3H3,(H,26,31). The quantitative estimate of drug-likeness (QED) is 0.550. The molecule has 33 heavy (non-hydrogen) atoms. The highest BCUT2D eigenvalue weighted by Crippen LogP contribution is 2.53. The first-order chi connectivity index (χ1) is 15.9. The topological polar surface area (TPSA) is 73.5 Å². The number of carbonyl (C=O) groups is 2. The molecule has 0 aliphatic carbocycles. The molecular formula is C25H25N3O3S2. The maximum Gasteiger partial charge on any atom is 0.305 e. The molecule has 2 aromatic carbocycles. The van der Waals surface area contributed by atoms with Gasteiger partial charge in [-0.25, -0.2) is 4.90 Å². The molecule has 5 rings (SSSR count). The maximum absolute atomic E-state index is 13.7. The summed E-state index contributed by atoms with van der Waals surface area (Å²) in [6.07, 6.45) is 0. The van der Waals surface area contributed by atoms with Crippen molar-refractivity contribution in [2.45, 2.75) is 37.0 Å². The molecule has 3 heterocycles. The monoisotopic (exact) mass is 479 g/mol. The van der Waals surface area contributed by atoms with Crippen molar-refractivity contribution in [2.24, 2.45) is 5.92 Å². The van der Waals surface area contributed by atoms with Crippen LogP contribution in [-0.2, 0) is 9.59 Å². The molecule has 170 valence electrons. The summed E-state index contributed by atoms with van der Waals surface area (Å²) in [5.41, 5.74) is 3.72. The van der Waals surface area contributed by atoms with Gasteiger partial charge in [-0.2, -0.15) is 0 Å². The zero-order valence-electron chi connectivity index (χ0n) is 18.7. The molecule has 8 heteroatoms. The zero-order valence-corrected chi connectivity index (χ0v) is 20.3. The molecule has 2 amide bonds. The molecule has 0 spiro atoms. The van der Waals surface area contributed by atoms with Crippen LogP contribution < -0.4 is 14.7 Å². The van der Waals surface area contributed by atoms with Gasteiger partial charge in [-0.05, 0) is 50.6 Å². The number of thiazole rings is 1. The Kier molecular flexibility index (Phi) is 5.66. The number of fused-ring (bicyclic) bond motifs is 2. The van der Waals surface area contributed by atoms with E-state index in [1.165, 1.54) is 16.7 Å². The lowest BCUT2D eigenvalue weighted by atomic mass is 9.83. The average molecular weight is 480 g/mol. The SMILES string of the molecule is CCN(CC)c1ccc(C2c3sc(=O)[nH]c3SC3C(=O)N(c4ccc(C)cc4)C(=O)C32)cc1. The minimum atomic E-state index is -0.566. The van der Waals surface area contributed by atoms with Crippen molar-refractivity contribution >= 4 is 46.3 Å². The van der Waals surface area contributed by atoms with Crippen molar-refractivity contribution in [3.63, 3.8) is 0 Å². The lowest BCUT2D eigenvalue weighted by Gasteiger charge is -2.30. The summed E-state index contributed by atoms with van der Waals surface area (Å²) in [5.74, 6) is -1.32. The lowest BCUT2D eigenvalue weighted by molar-refractivity contribution is -0.122. The highest BCUT2D eigenvalue weighted by Gasteiger charge is 2.56. The summed E-state index contributed by atoms with van der Waals surface area (Å²) in [7, 11) is 0. The predicted molar refractivity (Wildman–Crippen MR) is 134 cm³/mol. The Morgan fingerprint density at radius 1 is 0.939 bits per heavy atom. The molecule has 0 saturated carbocycles. The minimum absolute atomic E-state index is 0.160. The molecule has 1 N–H and O–H groups in total. The lowest BCUT2D eigenvalue weighted by Crippen LogP contribution is -2.32. The van der Waals surface area contributed by atoms with E-state index in [-0.39, 0.29) is 22.6 Å². The number of anilines is 2. The summed E-state index contributed by atoms with van der Waals surface area (Å²) in [6.45, 7) is 8.02. The molecule has 0 bridgehead atoms. The van der Waals surface area contributed by atoms with Gasteiger partial charge in [-0.15, -0.1) is 0 Å². The normalized spacial score (nSPS) is 21.8. The summed E-state index contributed by atoms with van der Waals surface area (Å²) >= 11 is 2.45. The first kappa shape index (κ1) is 22.0. The van der Waals surface area contributed by atoms with Crippen molar-refractivity contribution in [3.05, 3.63) is 74.2 Å². The van der Waals surface area contributed by atoms with E-state index in [0.29, 0.717) is 10.7 Å². The Labute approximate surface area is 200 Å². The van der Waals surface area contributed by atoms with Gasteiger partial charge in [0.1, 0.15) is 5.25 Å². The molecule has 0 radical (unpaired) electrons. The van der Waals surface area contributed by atoms with E-state index in [9.17, 15) is 14.4 Å². The van der Waals surface area contributed by atoms with Crippen LogP contribution in [0.25, 0.3) is 0 Å². The first-order valence-corrected chi connectivity index (χ1v) is 12.8. The van der Waals surface area contributed by atoms with Crippen LogP contribution in [0.1, 0.15) is 35.8 Å². The van der Waals surface area contributed by atoms with Gasteiger partial charge in [0.25, 0.3) is 0 Å². The summed E-state index contributed by atoms with van der Waals surface area (Å²) in [6, 6.07) is 15.6. The van der Waals surface area contributed by atoms with Crippen LogP contribution in [0.2, 0.25) is 0 Å². The first-order valence-electron chi connectivity index (χ1n) is 11.1. The number of carbonyl (C=O) groups excluding carboxylic acids is 2. The molecule has 1 fully saturated rings. The number of rotatable bonds is 5. The molecular weight excluding hydrogens is 454 g/mol. The third kappa shape index (κ3) is 3.61. The number of imide groups is 1. The number of aromatic nitrogens is 1. The van der Waals surface area contributed by atoms with E-state index >= 15 is 0 Å². The zero-order chi connectivity index (χ0) is 23.3. The third-order valence-corrected chi connectivity index (χ3v) is 8.90. The predicted octanol–water partition coefficient (Wildman–Crippen LogP) is 4.39. The molecule has 6 nitrogen and oxygen atoms in total. The van der Waals surface area contributed by atoms with E-state index in [2.05, 4.69) is 35.9 Å². The largest absolute Gasteiger partial charge is 0.372 e. The number of nitrogens with zero attached hydrogens (tertiary/aromatic N) is 2. The van der Waals surface area contributed by atoms with Gasteiger partial charge in [0.15, 0.2) is 0 Å². The second-order valence-electron chi connectivity index (χ2n) is 8.36. The summed E-state index contributed by atoms with van der Waals surface area (Å²) in [4.78, 5) is 46.5.